The molecule has 0 saturated carbocycles. The van der Waals surface area contributed by atoms with Gasteiger partial charge in [0, 0.05) is 23.2 Å². The lowest BCUT2D eigenvalue weighted by Gasteiger charge is -2.17. The highest BCUT2D eigenvalue weighted by molar-refractivity contribution is 6.30. The van der Waals surface area contributed by atoms with E-state index >= 15 is 0 Å². The van der Waals surface area contributed by atoms with Gasteiger partial charge >= 0.3 is 0 Å². The summed E-state index contributed by atoms with van der Waals surface area (Å²) in [4.78, 5) is 24.0. The van der Waals surface area contributed by atoms with Gasteiger partial charge in [-0.05, 0) is 36.2 Å². The largest absolute Gasteiger partial charge is 0.484 e. The molecule has 1 atom stereocenters. The van der Waals surface area contributed by atoms with E-state index in [1.807, 2.05) is 0 Å². The zero-order valence-electron chi connectivity index (χ0n) is 16.0. The minimum atomic E-state index is -0.648. The molecular weight excluding hydrogens is 434 g/mol. The van der Waals surface area contributed by atoms with Crippen molar-refractivity contribution in [1.29, 1.82) is 0 Å². The number of aliphatic hydroxyl groups excluding tert-OH is 1. The highest BCUT2D eigenvalue weighted by Crippen LogP contribution is 2.20. The molecule has 2 amide bonds. The molecule has 0 radical (unpaired) electrons. The molecule has 0 bridgehead atoms. The Labute approximate surface area is 183 Å². The van der Waals surface area contributed by atoms with Gasteiger partial charge in [0.05, 0.1) is 17.7 Å². The van der Waals surface area contributed by atoms with Crippen molar-refractivity contribution >= 4 is 35.0 Å². The quantitative estimate of drug-likeness (QED) is 0.509. The van der Waals surface area contributed by atoms with Crippen molar-refractivity contribution in [3.8, 4) is 5.75 Å². The van der Waals surface area contributed by atoms with E-state index in [1.54, 1.807) is 24.3 Å². The third-order valence-corrected chi connectivity index (χ3v) is 4.58. The van der Waals surface area contributed by atoms with Crippen LogP contribution in [0.5, 0.6) is 5.75 Å². The summed E-state index contributed by atoms with van der Waals surface area (Å²) in [7, 11) is 0. The Kier molecular flexibility index (Phi) is 9.11. The first-order valence-corrected chi connectivity index (χ1v) is 9.75. The summed E-state index contributed by atoms with van der Waals surface area (Å²) in [6.07, 6.45) is 0.262. The highest BCUT2D eigenvalue weighted by Gasteiger charge is 2.14. The zero-order chi connectivity index (χ0) is 22.1. The lowest BCUT2D eigenvalue weighted by molar-refractivity contribution is -0.123. The van der Waals surface area contributed by atoms with Crippen LogP contribution in [0.1, 0.15) is 24.4 Å². The monoisotopic (exact) mass is 454 g/mol. The van der Waals surface area contributed by atoms with Crippen molar-refractivity contribution in [2.24, 2.45) is 0 Å². The van der Waals surface area contributed by atoms with Crippen LogP contribution in [0.2, 0.25) is 10.0 Å². The number of rotatable bonds is 10. The van der Waals surface area contributed by atoms with Crippen molar-refractivity contribution in [3.63, 3.8) is 0 Å². The number of halogens is 3. The van der Waals surface area contributed by atoms with E-state index in [0.717, 1.165) is 11.6 Å². The fourth-order valence-corrected chi connectivity index (χ4v) is 2.72. The Balaban J connectivity index is 1.73. The average molecular weight is 455 g/mol. The van der Waals surface area contributed by atoms with Gasteiger partial charge < -0.3 is 20.5 Å². The first-order chi connectivity index (χ1) is 14.3. The number of allylic oxidation sites excluding steroid dienone is 1. The van der Waals surface area contributed by atoms with Gasteiger partial charge in [0.1, 0.15) is 11.6 Å². The third kappa shape index (κ3) is 7.67. The molecular formula is C21H21Cl2FN2O4. The Morgan fingerprint density at radius 1 is 1.10 bits per heavy atom. The molecule has 3 N–H and O–H groups in total. The molecule has 2 rings (SSSR count). The maximum atomic E-state index is 13.3. The average Bonchev–Trinajstić information content (AvgIpc) is 2.72. The minimum absolute atomic E-state index is 0.0436. The van der Waals surface area contributed by atoms with Gasteiger partial charge in [-0.15, -0.1) is 0 Å². The first-order valence-electron chi connectivity index (χ1n) is 8.99. The van der Waals surface area contributed by atoms with Gasteiger partial charge in [0.2, 0.25) is 5.91 Å². The van der Waals surface area contributed by atoms with Crippen LogP contribution in [-0.4, -0.2) is 30.1 Å². The summed E-state index contributed by atoms with van der Waals surface area (Å²) >= 11 is 11.4. The molecule has 0 saturated heterocycles. The Morgan fingerprint density at radius 2 is 1.80 bits per heavy atom. The van der Waals surface area contributed by atoms with Crippen molar-refractivity contribution in [1.82, 2.24) is 10.6 Å². The van der Waals surface area contributed by atoms with Crippen LogP contribution < -0.4 is 15.4 Å². The van der Waals surface area contributed by atoms with Crippen LogP contribution in [0.15, 0.2) is 54.7 Å². The number of carbonyl (C=O) groups is 2. The summed E-state index contributed by atoms with van der Waals surface area (Å²) in [6, 6.07) is 10.1. The molecule has 9 heteroatoms. The molecule has 0 aliphatic carbocycles. The first kappa shape index (κ1) is 23.7. The van der Waals surface area contributed by atoms with E-state index in [0.29, 0.717) is 10.7 Å². The third-order valence-electron chi connectivity index (χ3n) is 4.02. The molecule has 0 fully saturated rings. The Hall–Kier alpha value is -2.61. The van der Waals surface area contributed by atoms with Crippen LogP contribution in [0.4, 0.5) is 4.39 Å². The van der Waals surface area contributed by atoms with Gasteiger partial charge in [-0.25, -0.2) is 4.39 Å². The molecule has 30 heavy (non-hydrogen) atoms. The molecule has 0 aliphatic rings. The van der Waals surface area contributed by atoms with Crippen molar-refractivity contribution in [2.75, 3.05) is 13.2 Å². The van der Waals surface area contributed by atoms with E-state index in [-0.39, 0.29) is 42.7 Å². The molecule has 2 aromatic rings. The standard InChI is InChI=1S/C21H21Cl2FN2O4/c1-13(25-21(29)12-30-16-7-8-17(23)18(24)10-16)2-9-20(28)26-19(11-27)14-3-5-15(22)6-4-14/h3-8,10,19,27H,1-2,9,11-12H2,(H,25,29)(H,26,28). The minimum Gasteiger partial charge on any atom is -0.484 e. The normalized spacial score (nSPS) is 11.5. The van der Waals surface area contributed by atoms with Gasteiger partial charge in [-0.1, -0.05) is 41.9 Å². The number of ether oxygens (including phenoxy) is 1. The zero-order valence-corrected chi connectivity index (χ0v) is 17.5. The molecule has 1 unspecified atom stereocenters. The second-order valence-corrected chi connectivity index (χ2v) is 7.21. The lowest BCUT2D eigenvalue weighted by Crippen LogP contribution is -2.32. The van der Waals surface area contributed by atoms with Crippen LogP contribution in [0.25, 0.3) is 0 Å². The van der Waals surface area contributed by atoms with Crippen molar-refractivity contribution in [3.05, 3.63) is 76.2 Å². The summed E-state index contributed by atoms with van der Waals surface area (Å²) in [5, 5.41) is 15.2. The SMILES string of the molecule is C=C(CCC(=O)NC(CO)c1ccc(Cl)cc1)NC(=O)COc1ccc(Cl)c(F)c1. The van der Waals surface area contributed by atoms with E-state index in [9.17, 15) is 19.1 Å². The van der Waals surface area contributed by atoms with Gasteiger partial charge in [-0.2, -0.15) is 0 Å². The van der Waals surface area contributed by atoms with E-state index in [4.69, 9.17) is 27.9 Å². The Bertz CT molecular complexity index is 906. The molecule has 0 aliphatic heterocycles. The number of benzene rings is 2. The number of nitrogens with one attached hydrogen (secondary N) is 2. The predicted molar refractivity (Wildman–Crippen MR) is 113 cm³/mol. The lowest BCUT2D eigenvalue weighted by atomic mass is 10.1. The summed E-state index contributed by atoms with van der Waals surface area (Å²) < 4.78 is 18.5. The van der Waals surface area contributed by atoms with Gasteiger partial charge in [0.15, 0.2) is 6.61 Å². The number of hydrogen-bond donors (Lipinski definition) is 3. The number of carbonyl (C=O) groups excluding carboxylic acids is 2. The van der Waals surface area contributed by atoms with Crippen molar-refractivity contribution in [2.45, 2.75) is 18.9 Å². The number of hydrogen-bond acceptors (Lipinski definition) is 4. The number of amides is 2. The highest BCUT2D eigenvalue weighted by atomic mass is 35.5. The predicted octanol–water partition coefficient (Wildman–Crippen LogP) is 3.77. The van der Waals surface area contributed by atoms with Crippen LogP contribution in [0, 0.1) is 5.82 Å². The molecule has 6 nitrogen and oxygen atoms in total. The van der Waals surface area contributed by atoms with Crippen LogP contribution in [-0.2, 0) is 9.59 Å². The Morgan fingerprint density at radius 3 is 2.43 bits per heavy atom. The smallest absolute Gasteiger partial charge is 0.262 e. The second-order valence-electron chi connectivity index (χ2n) is 6.37. The van der Waals surface area contributed by atoms with Crippen LogP contribution in [0.3, 0.4) is 0 Å². The maximum absolute atomic E-state index is 13.3. The summed E-state index contributed by atoms with van der Waals surface area (Å²) in [5.41, 5.74) is 1.05. The second kappa shape index (κ2) is 11.5. The molecule has 160 valence electrons. The molecule has 0 spiro atoms. The summed E-state index contributed by atoms with van der Waals surface area (Å²) in [6.45, 7) is 3.08. The van der Waals surface area contributed by atoms with Gasteiger partial charge in [0.25, 0.3) is 5.91 Å². The van der Waals surface area contributed by atoms with Crippen LogP contribution >= 0.6 is 23.2 Å². The van der Waals surface area contributed by atoms with Gasteiger partial charge in [-0.3, -0.25) is 9.59 Å². The van der Waals surface area contributed by atoms with E-state index < -0.39 is 17.8 Å². The fraction of sp³-hybridized carbons (Fsp3) is 0.238. The van der Waals surface area contributed by atoms with Crippen molar-refractivity contribution < 1.29 is 23.8 Å². The summed E-state index contributed by atoms with van der Waals surface area (Å²) in [5.74, 6) is -1.29. The molecule has 2 aromatic carbocycles. The van der Waals surface area contributed by atoms with E-state index in [2.05, 4.69) is 17.2 Å². The van der Waals surface area contributed by atoms with E-state index in [1.165, 1.54) is 12.1 Å². The fourth-order valence-electron chi connectivity index (χ4n) is 2.47. The topological polar surface area (TPSA) is 87.7 Å². The molecule has 0 aromatic heterocycles. The molecule has 0 heterocycles. The number of aliphatic hydroxyl groups is 1. The maximum Gasteiger partial charge on any atom is 0.262 e.